The average Bonchev–Trinajstić information content (AvgIpc) is 2.92. The highest BCUT2D eigenvalue weighted by Gasteiger charge is 2.50. The number of benzene rings is 1. The molecule has 2 aliphatic rings. The molecule has 2 heterocycles. The number of rotatable bonds is 2. The molecule has 1 aromatic carbocycles. The third-order valence-electron chi connectivity index (χ3n) is 3.22. The topological polar surface area (TPSA) is 62.1 Å². The van der Waals surface area contributed by atoms with Crippen LogP contribution in [-0.4, -0.2) is 29.3 Å². The van der Waals surface area contributed by atoms with E-state index in [0.717, 1.165) is 5.56 Å². The molecular weight excluding hydrogens is 254 g/mol. The van der Waals surface area contributed by atoms with Gasteiger partial charge in [-0.25, -0.2) is 0 Å². The minimum Gasteiger partial charge on any atom is -0.276 e. The van der Waals surface area contributed by atoms with Crippen LogP contribution in [0.2, 0.25) is 5.02 Å². The maximum atomic E-state index is 12.0. The standard InChI is InChI=1S/C12H10ClN3O2/c13-8-3-1-7(2-4-8)6-16-11(17)9-5-14-15-10(9)12(16)18/h1-4,9-10H,5-6H2/t9-,10+/m1/s1. The van der Waals surface area contributed by atoms with Gasteiger partial charge >= 0.3 is 0 Å². The lowest BCUT2D eigenvalue weighted by Crippen LogP contribution is -2.31. The summed E-state index contributed by atoms with van der Waals surface area (Å²) in [6, 6.07) is 6.49. The van der Waals surface area contributed by atoms with E-state index in [4.69, 9.17) is 11.6 Å². The van der Waals surface area contributed by atoms with E-state index in [2.05, 4.69) is 10.2 Å². The summed E-state index contributed by atoms with van der Waals surface area (Å²) in [6.45, 7) is 0.601. The quantitative estimate of drug-likeness (QED) is 0.762. The van der Waals surface area contributed by atoms with Crippen LogP contribution in [0.25, 0.3) is 0 Å². The first-order valence-corrected chi connectivity index (χ1v) is 6.01. The number of nitrogens with zero attached hydrogens (tertiary/aromatic N) is 3. The van der Waals surface area contributed by atoms with Gasteiger partial charge in [0.25, 0.3) is 5.91 Å². The van der Waals surface area contributed by atoms with Gasteiger partial charge in [0.1, 0.15) is 0 Å². The van der Waals surface area contributed by atoms with Gasteiger partial charge in [-0.1, -0.05) is 23.7 Å². The molecule has 18 heavy (non-hydrogen) atoms. The molecule has 1 fully saturated rings. The number of halogens is 1. The maximum absolute atomic E-state index is 12.0. The fourth-order valence-electron chi connectivity index (χ4n) is 2.23. The van der Waals surface area contributed by atoms with E-state index in [1.165, 1.54) is 4.90 Å². The van der Waals surface area contributed by atoms with Crippen LogP contribution in [0.15, 0.2) is 34.5 Å². The highest BCUT2D eigenvalue weighted by molar-refractivity contribution is 6.30. The zero-order valence-electron chi connectivity index (χ0n) is 9.41. The molecule has 2 aliphatic heterocycles. The number of carbonyl (C=O) groups excluding carboxylic acids is 2. The minimum absolute atomic E-state index is 0.176. The Labute approximate surface area is 108 Å². The van der Waals surface area contributed by atoms with Crippen LogP contribution < -0.4 is 0 Å². The van der Waals surface area contributed by atoms with Crippen molar-refractivity contribution in [2.75, 3.05) is 6.54 Å². The summed E-state index contributed by atoms with van der Waals surface area (Å²) < 4.78 is 0. The molecule has 3 rings (SSSR count). The van der Waals surface area contributed by atoms with Gasteiger partial charge < -0.3 is 0 Å². The van der Waals surface area contributed by atoms with E-state index in [-0.39, 0.29) is 24.3 Å². The number of imide groups is 1. The first kappa shape index (κ1) is 11.3. The molecule has 0 bridgehead atoms. The summed E-state index contributed by atoms with van der Waals surface area (Å²) in [5.41, 5.74) is 0.873. The van der Waals surface area contributed by atoms with Crippen LogP contribution >= 0.6 is 11.6 Å². The normalized spacial score (nSPS) is 25.9. The largest absolute Gasteiger partial charge is 0.276 e. The lowest BCUT2D eigenvalue weighted by molar-refractivity contribution is -0.140. The second-order valence-corrected chi connectivity index (χ2v) is 4.82. The lowest BCUT2D eigenvalue weighted by atomic mass is 10.1. The Morgan fingerprint density at radius 2 is 1.94 bits per heavy atom. The number of hydrogen-bond donors (Lipinski definition) is 0. The predicted molar refractivity (Wildman–Crippen MR) is 64.0 cm³/mol. The zero-order chi connectivity index (χ0) is 12.7. The fourth-order valence-corrected chi connectivity index (χ4v) is 2.36. The Hall–Kier alpha value is -1.75. The van der Waals surface area contributed by atoms with Crippen molar-refractivity contribution in [1.29, 1.82) is 0 Å². The number of carbonyl (C=O) groups is 2. The number of amides is 2. The lowest BCUT2D eigenvalue weighted by Gasteiger charge is -2.14. The molecule has 0 aliphatic carbocycles. The molecule has 2 amide bonds. The number of azo groups is 1. The second-order valence-electron chi connectivity index (χ2n) is 4.38. The Balaban J connectivity index is 1.81. The maximum Gasteiger partial charge on any atom is 0.257 e. The summed E-state index contributed by atoms with van der Waals surface area (Å²) in [5.74, 6) is -0.809. The molecule has 5 nitrogen and oxygen atoms in total. The van der Waals surface area contributed by atoms with E-state index in [0.29, 0.717) is 11.6 Å². The van der Waals surface area contributed by atoms with Crippen molar-refractivity contribution in [1.82, 2.24) is 4.90 Å². The molecule has 0 N–H and O–H groups in total. The number of likely N-dealkylation sites (tertiary alicyclic amines) is 1. The molecule has 0 saturated carbocycles. The summed E-state index contributed by atoms with van der Waals surface area (Å²) in [7, 11) is 0. The van der Waals surface area contributed by atoms with Crippen molar-refractivity contribution in [2.24, 2.45) is 16.1 Å². The minimum atomic E-state index is -0.593. The van der Waals surface area contributed by atoms with Gasteiger partial charge in [0, 0.05) is 5.02 Å². The number of hydrogen-bond acceptors (Lipinski definition) is 4. The fraction of sp³-hybridized carbons (Fsp3) is 0.333. The van der Waals surface area contributed by atoms with Crippen LogP contribution in [0, 0.1) is 5.92 Å². The Kier molecular flexibility index (Phi) is 2.63. The van der Waals surface area contributed by atoms with Gasteiger partial charge in [0.2, 0.25) is 5.91 Å². The third kappa shape index (κ3) is 1.71. The Morgan fingerprint density at radius 1 is 1.22 bits per heavy atom. The van der Waals surface area contributed by atoms with Crippen molar-refractivity contribution in [3.8, 4) is 0 Å². The van der Waals surface area contributed by atoms with E-state index >= 15 is 0 Å². The molecule has 2 atom stereocenters. The zero-order valence-corrected chi connectivity index (χ0v) is 10.2. The molecule has 6 heteroatoms. The van der Waals surface area contributed by atoms with Crippen LogP contribution in [-0.2, 0) is 16.1 Å². The van der Waals surface area contributed by atoms with E-state index < -0.39 is 6.04 Å². The Bertz CT molecular complexity index is 541. The van der Waals surface area contributed by atoms with Crippen molar-refractivity contribution in [2.45, 2.75) is 12.6 Å². The van der Waals surface area contributed by atoms with Gasteiger partial charge in [-0.05, 0) is 17.7 Å². The molecule has 92 valence electrons. The van der Waals surface area contributed by atoms with Gasteiger partial charge in [-0.3, -0.25) is 14.5 Å². The van der Waals surface area contributed by atoms with Crippen molar-refractivity contribution in [3.63, 3.8) is 0 Å². The van der Waals surface area contributed by atoms with Crippen molar-refractivity contribution in [3.05, 3.63) is 34.9 Å². The predicted octanol–water partition coefficient (Wildman–Crippen LogP) is 1.66. The number of fused-ring (bicyclic) bond motifs is 1. The first-order chi connectivity index (χ1) is 8.66. The first-order valence-electron chi connectivity index (χ1n) is 5.63. The molecule has 0 unspecified atom stereocenters. The van der Waals surface area contributed by atoms with E-state index in [9.17, 15) is 9.59 Å². The van der Waals surface area contributed by atoms with E-state index in [1.54, 1.807) is 24.3 Å². The molecule has 0 spiro atoms. The molecule has 1 aromatic rings. The SMILES string of the molecule is O=C1[C@H]2N=NC[C@H]2C(=O)N1Cc1ccc(Cl)cc1. The van der Waals surface area contributed by atoms with Gasteiger partial charge in [-0.15, -0.1) is 0 Å². The van der Waals surface area contributed by atoms with E-state index in [1.807, 2.05) is 0 Å². The Morgan fingerprint density at radius 3 is 2.61 bits per heavy atom. The molecule has 0 aromatic heterocycles. The third-order valence-corrected chi connectivity index (χ3v) is 3.47. The van der Waals surface area contributed by atoms with Crippen molar-refractivity contribution < 1.29 is 9.59 Å². The average molecular weight is 264 g/mol. The van der Waals surface area contributed by atoms with Gasteiger partial charge in [-0.2, -0.15) is 10.2 Å². The van der Waals surface area contributed by atoms with Gasteiger partial charge in [0.15, 0.2) is 6.04 Å². The molecule has 1 saturated heterocycles. The smallest absolute Gasteiger partial charge is 0.257 e. The summed E-state index contributed by atoms with van der Waals surface area (Å²) in [6.07, 6.45) is 0. The highest BCUT2D eigenvalue weighted by Crippen LogP contribution is 2.29. The van der Waals surface area contributed by atoms with Crippen LogP contribution in [0.1, 0.15) is 5.56 Å². The molecular formula is C12H10ClN3O2. The second kappa shape index (κ2) is 4.17. The van der Waals surface area contributed by atoms with Gasteiger partial charge in [0.05, 0.1) is 19.0 Å². The molecule has 0 radical (unpaired) electrons. The van der Waals surface area contributed by atoms with Crippen LogP contribution in [0.3, 0.4) is 0 Å². The summed E-state index contributed by atoms with van der Waals surface area (Å²) >= 11 is 5.79. The van der Waals surface area contributed by atoms with Crippen LogP contribution in [0.4, 0.5) is 0 Å². The summed E-state index contributed by atoms with van der Waals surface area (Å²) in [4.78, 5) is 25.3. The monoisotopic (exact) mass is 263 g/mol. The highest BCUT2D eigenvalue weighted by atomic mass is 35.5. The summed E-state index contributed by atoms with van der Waals surface area (Å²) in [5, 5.41) is 8.22. The van der Waals surface area contributed by atoms with Crippen molar-refractivity contribution >= 4 is 23.4 Å². The van der Waals surface area contributed by atoms with Crippen LogP contribution in [0.5, 0.6) is 0 Å².